The van der Waals surface area contributed by atoms with Crippen LogP contribution in [0.5, 0.6) is 0 Å². The topological polar surface area (TPSA) is 101 Å². The number of fused-ring (bicyclic) bond motifs is 1. The van der Waals surface area contributed by atoms with Crippen molar-refractivity contribution in [3.05, 3.63) is 0 Å². The summed E-state index contributed by atoms with van der Waals surface area (Å²) in [5.41, 5.74) is -1.13. The average Bonchev–Trinajstić information content (AvgIpc) is 2.83. The van der Waals surface area contributed by atoms with E-state index in [0.717, 1.165) is 6.26 Å². The van der Waals surface area contributed by atoms with Crippen molar-refractivity contribution in [3.63, 3.8) is 0 Å². The number of aliphatic hydroxyl groups is 1. The Balaban J connectivity index is 2.51. The van der Waals surface area contributed by atoms with Crippen molar-refractivity contribution in [2.45, 2.75) is 108 Å². The molecule has 2 aliphatic rings. The van der Waals surface area contributed by atoms with E-state index in [9.17, 15) is 13.5 Å². The molecule has 32 heavy (non-hydrogen) atoms. The second-order valence-corrected chi connectivity index (χ2v) is 20.9. The lowest BCUT2D eigenvalue weighted by Crippen LogP contribution is -2.67. The van der Waals surface area contributed by atoms with Crippen LogP contribution in [0.4, 0.5) is 0 Å². The molecule has 0 bridgehead atoms. The van der Waals surface area contributed by atoms with Gasteiger partial charge in [-0.05, 0) is 22.2 Å². The van der Waals surface area contributed by atoms with Crippen molar-refractivity contribution in [1.82, 2.24) is 0 Å². The summed E-state index contributed by atoms with van der Waals surface area (Å²) in [4.78, 5) is 0. The Bertz CT molecular complexity index is 732. The van der Waals surface area contributed by atoms with E-state index in [4.69, 9.17) is 29.7 Å². The molecule has 2 saturated heterocycles. The SMILES string of the molecule is [B]C1OC2CO[Si](C(C)C)(C(C)C)O[Si](C(C)C)(C(C)C)O[C@H]2[C@]1(O)CCOS(C)(=O)=O. The second kappa shape index (κ2) is 10.1. The van der Waals surface area contributed by atoms with Crippen LogP contribution >= 0.6 is 0 Å². The third-order valence-electron chi connectivity index (χ3n) is 6.77. The molecule has 0 saturated carbocycles. The molecule has 2 unspecified atom stereocenters. The first-order valence-electron chi connectivity index (χ1n) is 11.5. The fourth-order valence-electron chi connectivity index (χ4n) is 4.93. The van der Waals surface area contributed by atoms with E-state index in [1.165, 1.54) is 0 Å². The lowest BCUT2D eigenvalue weighted by Gasteiger charge is -2.52. The summed E-state index contributed by atoms with van der Waals surface area (Å²) in [6.45, 7) is 16.8. The first-order chi connectivity index (χ1) is 14.5. The summed E-state index contributed by atoms with van der Waals surface area (Å²) < 4.78 is 54.3. The van der Waals surface area contributed by atoms with E-state index >= 15 is 0 Å². The van der Waals surface area contributed by atoms with Crippen LogP contribution in [0.15, 0.2) is 0 Å². The van der Waals surface area contributed by atoms with Crippen LogP contribution in [0, 0.1) is 0 Å². The lowest BCUT2D eigenvalue weighted by molar-refractivity contribution is -0.0778. The highest BCUT2D eigenvalue weighted by Gasteiger charge is 2.64. The monoisotopic (exact) mass is 508 g/mol. The Morgan fingerprint density at radius 3 is 1.97 bits per heavy atom. The molecule has 2 fully saturated rings. The quantitative estimate of drug-likeness (QED) is 0.395. The highest BCUT2D eigenvalue weighted by molar-refractivity contribution is 7.85. The minimum atomic E-state index is -3.66. The molecule has 2 rings (SSSR count). The minimum Gasteiger partial charge on any atom is -0.414 e. The Kier molecular flexibility index (Phi) is 8.94. The third-order valence-corrected chi connectivity index (χ3v) is 17.6. The zero-order valence-corrected chi connectivity index (χ0v) is 23.8. The molecule has 12 heteroatoms. The van der Waals surface area contributed by atoms with Crippen LogP contribution < -0.4 is 0 Å². The maximum atomic E-state index is 11.6. The van der Waals surface area contributed by atoms with Gasteiger partial charge in [0.2, 0.25) is 0 Å². The van der Waals surface area contributed by atoms with Gasteiger partial charge in [-0.25, -0.2) is 0 Å². The van der Waals surface area contributed by atoms with Crippen molar-refractivity contribution >= 4 is 35.1 Å². The van der Waals surface area contributed by atoms with Crippen LogP contribution in [0.2, 0.25) is 22.2 Å². The van der Waals surface area contributed by atoms with E-state index in [1.807, 2.05) is 0 Å². The van der Waals surface area contributed by atoms with Gasteiger partial charge in [-0.15, -0.1) is 0 Å². The molecule has 0 amide bonds. The second-order valence-electron chi connectivity index (χ2n) is 10.4. The van der Waals surface area contributed by atoms with Gasteiger partial charge in [-0.2, -0.15) is 8.42 Å². The van der Waals surface area contributed by atoms with Gasteiger partial charge in [0.05, 0.1) is 19.5 Å². The molecule has 2 aliphatic heterocycles. The van der Waals surface area contributed by atoms with Gasteiger partial charge in [0.1, 0.15) is 25.7 Å². The third kappa shape index (κ3) is 5.38. The van der Waals surface area contributed by atoms with Crippen LogP contribution in [-0.4, -0.2) is 81.8 Å². The lowest BCUT2D eigenvalue weighted by atomic mass is 9.78. The molecule has 4 atom stereocenters. The number of rotatable bonds is 8. The highest BCUT2D eigenvalue weighted by atomic mass is 32.2. The largest absolute Gasteiger partial charge is 0.414 e. The minimum absolute atomic E-state index is 0.0555. The molecule has 0 aromatic heterocycles. The molecule has 2 radical (unpaired) electrons. The van der Waals surface area contributed by atoms with Gasteiger partial charge in [0.25, 0.3) is 10.1 Å². The summed E-state index contributed by atoms with van der Waals surface area (Å²) >= 11 is 0. The van der Waals surface area contributed by atoms with Gasteiger partial charge >= 0.3 is 17.1 Å². The van der Waals surface area contributed by atoms with E-state index in [-0.39, 0.29) is 41.8 Å². The fourth-order valence-corrected chi connectivity index (χ4v) is 16.6. The van der Waals surface area contributed by atoms with Gasteiger partial charge in [0.15, 0.2) is 0 Å². The number of hydrogen-bond donors (Lipinski definition) is 1. The van der Waals surface area contributed by atoms with Crippen LogP contribution in [0.3, 0.4) is 0 Å². The van der Waals surface area contributed by atoms with Crippen molar-refractivity contribution in [2.24, 2.45) is 0 Å². The molecular weight excluding hydrogens is 467 g/mol. The Morgan fingerprint density at radius 2 is 1.53 bits per heavy atom. The Morgan fingerprint density at radius 1 is 1.03 bits per heavy atom. The van der Waals surface area contributed by atoms with Crippen molar-refractivity contribution in [2.75, 3.05) is 19.5 Å². The van der Waals surface area contributed by atoms with Crippen LogP contribution in [0.25, 0.3) is 0 Å². The van der Waals surface area contributed by atoms with Gasteiger partial charge in [-0.3, -0.25) is 4.18 Å². The van der Waals surface area contributed by atoms with Gasteiger partial charge < -0.3 is 22.8 Å². The summed E-state index contributed by atoms with van der Waals surface area (Å²) in [6.07, 6.45) is -0.495. The Hall–Kier alpha value is 0.209. The van der Waals surface area contributed by atoms with Crippen LogP contribution in [-0.2, 0) is 32.0 Å². The molecular formula is C20H41BO8SSi2. The first-order valence-corrected chi connectivity index (χ1v) is 17.3. The van der Waals surface area contributed by atoms with Gasteiger partial charge in [-0.1, -0.05) is 55.4 Å². The summed E-state index contributed by atoms with van der Waals surface area (Å²) in [7, 11) is -3.14. The predicted octanol–water partition coefficient (Wildman–Crippen LogP) is 2.93. The smallest absolute Gasteiger partial charge is 0.335 e. The van der Waals surface area contributed by atoms with Gasteiger partial charge in [0, 0.05) is 12.4 Å². The number of ether oxygens (including phenoxy) is 1. The first kappa shape index (κ1) is 28.4. The summed E-state index contributed by atoms with van der Waals surface area (Å²) in [5, 5.41) is 11.6. The molecule has 0 aromatic carbocycles. The van der Waals surface area contributed by atoms with Crippen molar-refractivity contribution < 1.29 is 35.4 Å². The van der Waals surface area contributed by atoms with E-state index < -0.39 is 51.1 Å². The zero-order valence-electron chi connectivity index (χ0n) is 21.0. The summed E-state index contributed by atoms with van der Waals surface area (Å²) in [6, 6.07) is -1.07. The zero-order chi connectivity index (χ0) is 24.7. The molecule has 0 spiro atoms. The van der Waals surface area contributed by atoms with E-state index in [0.29, 0.717) is 0 Å². The summed E-state index contributed by atoms with van der Waals surface area (Å²) in [5.74, 6) is 0. The predicted molar refractivity (Wildman–Crippen MR) is 129 cm³/mol. The number of hydrogen-bond acceptors (Lipinski definition) is 8. The van der Waals surface area contributed by atoms with Crippen molar-refractivity contribution in [1.29, 1.82) is 0 Å². The maximum absolute atomic E-state index is 11.6. The van der Waals surface area contributed by atoms with Crippen molar-refractivity contribution in [3.8, 4) is 0 Å². The molecule has 186 valence electrons. The van der Waals surface area contributed by atoms with E-state index in [1.54, 1.807) is 0 Å². The molecule has 1 N–H and O–H groups in total. The highest BCUT2D eigenvalue weighted by Crippen LogP contribution is 2.49. The normalized spacial score (nSPS) is 33.0. The average molecular weight is 509 g/mol. The van der Waals surface area contributed by atoms with E-state index in [2.05, 4.69) is 55.4 Å². The maximum Gasteiger partial charge on any atom is 0.335 e. The molecule has 2 heterocycles. The standard InChI is InChI=1S/C20H41BO8SSi2/c1-13(2)31(14(3)4)26-12-17-18(28-32(29-31,15(5)6)16(7)8)20(22,19(21)27-17)10-11-25-30(9,23)24/h13-19,22H,10-12H2,1-9H3/t17?,18-,19?,20-/m1/s1. The molecule has 0 aliphatic carbocycles. The molecule has 8 nitrogen and oxygen atoms in total. The molecule has 0 aromatic rings. The Labute approximate surface area is 197 Å². The van der Waals surface area contributed by atoms with Crippen LogP contribution in [0.1, 0.15) is 61.8 Å². The fraction of sp³-hybridized carbons (Fsp3) is 1.00.